The first-order valence-corrected chi connectivity index (χ1v) is 12.8. The van der Waals surface area contributed by atoms with E-state index in [1.54, 1.807) is 48.5 Å². The summed E-state index contributed by atoms with van der Waals surface area (Å²) >= 11 is 0. The lowest BCUT2D eigenvalue weighted by atomic mass is 10.0. The van der Waals surface area contributed by atoms with Gasteiger partial charge < -0.3 is 31.5 Å². The maximum absolute atomic E-state index is 13.3. The molecule has 39 heavy (non-hydrogen) atoms. The first kappa shape index (κ1) is 31.0. The number of hydrogen-bond donors (Lipinski definition) is 6. The summed E-state index contributed by atoms with van der Waals surface area (Å²) in [4.78, 5) is 62.6. The number of aliphatic hydroxyl groups is 1. The number of hydrogen-bond acceptors (Lipinski definition) is 6. The Morgan fingerprint density at radius 3 is 1.92 bits per heavy atom. The molecule has 3 atom stereocenters. The second-order valence-electron chi connectivity index (χ2n) is 9.08. The van der Waals surface area contributed by atoms with Crippen LogP contribution in [0.25, 0.3) is 0 Å². The van der Waals surface area contributed by atoms with Gasteiger partial charge in [-0.25, -0.2) is 0 Å². The highest BCUT2D eigenvalue weighted by Gasteiger charge is 2.30. The molecule has 0 aromatic heterocycles. The molecule has 2 aromatic rings. The Morgan fingerprint density at radius 2 is 1.33 bits per heavy atom. The van der Waals surface area contributed by atoms with E-state index < -0.39 is 54.1 Å². The van der Waals surface area contributed by atoms with E-state index in [9.17, 15) is 29.1 Å². The lowest BCUT2D eigenvalue weighted by Crippen LogP contribution is -2.57. The summed E-state index contributed by atoms with van der Waals surface area (Å²) in [5.41, 5.74) is 1.50. The van der Waals surface area contributed by atoms with Gasteiger partial charge in [0.05, 0.1) is 12.8 Å². The highest BCUT2D eigenvalue weighted by Crippen LogP contribution is 2.07. The van der Waals surface area contributed by atoms with E-state index in [0.717, 1.165) is 11.1 Å². The molecule has 2 rings (SSSR count). The number of carbonyl (C=O) groups is 5. The Balaban J connectivity index is 2.10. The number of amides is 4. The molecule has 0 unspecified atom stereocenters. The van der Waals surface area contributed by atoms with Crippen molar-refractivity contribution in [3.05, 3.63) is 71.8 Å². The highest BCUT2D eigenvalue weighted by atomic mass is 16.4. The average molecular weight is 541 g/mol. The molecule has 0 aliphatic heterocycles. The molecule has 0 spiro atoms. The normalized spacial score (nSPS) is 12.9. The van der Waals surface area contributed by atoms with Gasteiger partial charge in [0.2, 0.25) is 23.6 Å². The van der Waals surface area contributed by atoms with Crippen LogP contribution in [0, 0.1) is 0 Å². The number of carboxylic acids is 1. The van der Waals surface area contributed by atoms with Crippen molar-refractivity contribution in [1.82, 2.24) is 21.3 Å². The van der Waals surface area contributed by atoms with Crippen molar-refractivity contribution in [3.63, 3.8) is 0 Å². The first-order valence-electron chi connectivity index (χ1n) is 12.8. The van der Waals surface area contributed by atoms with Gasteiger partial charge in [-0.3, -0.25) is 24.0 Å². The molecular formula is C28H36N4O7. The van der Waals surface area contributed by atoms with Crippen molar-refractivity contribution in [2.75, 3.05) is 13.2 Å². The summed E-state index contributed by atoms with van der Waals surface area (Å²) in [7, 11) is 0. The van der Waals surface area contributed by atoms with Crippen LogP contribution < -0.4 is 21.3 Å². The third-order valence-corrected chi connectivity index (χ3v) is 5.79. The van der Waals surface area contributed by atoms with E-state index in [2.05, 4.69) is 21.3 Å². The number of nitrogens with one attached hydrogen (secondary N) is 4. The van der Waals surface area contributed by atoms with Crippen molar-refractivity contribution in [3.8, 4) is 0 Å². The number of unbranched alkanes of at least 4 members (excludes halogenated alkanes) is 1. The Morgan fingerprint density at radius 1 is 0.744 bits per heavy atom. The largest absolute Gasteiger partial charge is 0.481 e. The summed E-state index contributed by atoms with van der Waals surface area (Å²) < 4.78 is 0. The summed E-state index contributed by atoms with van der Waals surface area (Å²) in [5.74, 6) is -3.82. The monoisotopic (exact) mass is 540 g/mol. The molecule has 6 N–H and O–H groups in total. The third kappa shape index (κ3) is 11.8. The van der Waals surface area contributed by atoms with Crippen LogP contribution in [0.5, 0.6) is 0 Å². The van der Waals surface area contributed by atoms with Crippen LogP contribution in [0.15, 0.2) is 60.7 Å². The maximum Gasteiger partial charge on any atom is 0.305 e. The minimum atomic E-state index is -1.48. The SMILES string of the molecule is C[C@H](NC(=O)[C@H](CC(=O)O)NC(=O)[C@H](Cc1ccccc1)NC(=O)Cc1ccccc1)C(=O)NCCCCO. The number of aliphatic carboxylic acids is 1. The van der Waals surface area contributed by atoms with E-state index in [-0.39, 0.29) is 19.4 Å². The van der Waals surface area contributed by atoms with E-state index in [0.29, 0.717) is 19.4 Å². The van der Waals surface area contributed by atoms with Gasteiger partial charge in [-0.05, 0) is 30.9 Å². The van der Waals surface area contributed by atoms with E-state index in [1.165, 1.54) is 6.92 Å². The number of benzene rings is 2. The molecule has 0 fully saturated rings. The van der Waals surface area contributed by atoms with Crippen LogP contribution in [0.2, 0.25) is 0 Å². The first-order chi connectivity index (χ1) is 18.7. The minimum Gasteiger partial charge on any atom is -0.481 e. The van der Waals surface area contributed by atoms with Gasteiger partial charge in [0.1, 0.15) is 18.1 Å². The van der Waals surface area contributed by atoms with Gasteiger partial charge in [-0.15, -0.1) is 0 Å². The predicted molar refractivity (Wildman–Crippen MR) is 143 cm³/mol. The summed E-state index contributed by atoms with van der Waals surface area (Å²) in [5, 5.41) is 28.3. The molecule has 0 aliphatic rings. The molecule has 4 amide bonds. The second kappa shape index (κ2) is 16.6. The quantitative estimate of drug-likeness (QED) is 0.166. The predicted octanol–water partition coefficient (Wildman–Crippen LogP) is 0.310. The van der Waals surface area contributed by atoms with Crippen LogP contribution in [-0.2, 0) is 36.8 Å². The number of aliphatic hydroxyl groups excluding tert-OH is 1. The lowest BCUT2D eigenvalue weighted by Gasteiger charge is -2.24. The van der Waals surface area contributed by atoms with Gasteiger partial charge in [-0.1, -0.05) is 60.7 Å². The van der Waals surface area contributed by atoms with Crippen LogP contribution in [0.1, 0.15) is 37.3 Å². The Bertz CT molecular complexity index is 1100. The van der Waals surface area contributed by atoms with Crippen molar-refractivity contribution in [2.45, 2.75) is 57.2 Å². The Labute approximate surface area is 227 Å². The molecule has 0 heterocycles. The van der Waals surface area contributed by atoms with E-state index in [1.807, 2.05) is 12.1 Å². The number of rotatable bonds is 16. The zero-order valence-electron chi connectivity index (χ0n) is 21.9. The van der Waals surface area contributed by atoms with E-state index in [4.69, 9.17) is 5.11 Å². The van der Waals surface area contributed by atoms with Crippen LogP contribution in [-0.4, -0.2) is 71.1 Å². The minimum absolute atomic E-state index is 0.00327. The summed E-state index contributed by atoms with van der Waals surface area (Å²) in [6, 6.07) is 14.4. The highest BCUT2D eigenvalue weighted by molar-refractivity contribution is 5.96. The van der Waals surface area contributed by atoms with Crippen molar-refractivity contribution < 1.29 is 34.2 Å². The topological polar surface area (TPSA) is 174 Å². The fraction of sp³-hybridized carbons (Fsp3) is 0.393. The Kier molecular flexibility index (Phi) is 13.2. The van der Waals surface area contributed by atoms with Gasteiger partial charge >= 0.3 is 5.97 Å². The fourth-order valence-corrected chi connectivity index (χ4v) is 3.72. The molecule has 0 saturated carbocycles. The second-order valence-corrected chi connectivity index (χ2v) is 9.08. The maximum atomic E-state index is 13.3. The number of carbonyl (C=O) groups excluding carboxylic acids is 4. The zero-order valence-corrected chi connectivity index (χ0v) is 21.9. The zero-order chi connectivity index (χ0) is 28.6. The average Bonchev–Trinajstić information content (AvgIpc) is 2.91. The standard InChI is InChI=1S/C28H36N4O7/c1-19(26(37)29-14-8-9-15-33)30-27(38)23(18-25(35)36)32-28(39)22(16-20-10-4-2-5-11-20)31-24(34)17-21-12-6-3-7-13-21/h2-7,10-13,19,22-23,33H,8-9,14-18H2,1H3,(H,29,37)(H,30,38)(H,31,34)(H,32,39)(H,35,36)/t19-,22-,23-/m0/s1. The van der Waals surface area contributed by atoms with Crippen LogP contribution in [0.3, 0.4) is 0 Å². The van der Waals surface area contributed by atoms with E-state index >= 15 is 0 Å². The van der Waals surface area contributed by atoms with Gasteiger partial charge in [0.25, 0.3) is 0 Å². The van der Waals surface area contributed by atoms with Crippen molar-refractivity contribution in [1.29, 1.82) is 0 Å². The molecular weight excluding hydrogens is 504 g/mol. The molecule has 210 valence electrons. The third-order valence-electron chi connectivity index (χ3n) is 5.79. The van der Waals surface area contributed by atoms with Crippen LogP contribution >= 0.6 is 0 Å². The fourth-order valence-electron chi connectivity index (χ4n) is 3.72. The van der Waals surface area contributed by atoms with Gasteiger partial charge in [-0.2, -0.15) is 0 Å². The lowest BCUT2D eigenvalue weighted by molar-refractivity contribution is -0.141. The summed E-state index contributed by atoms with van der Waals surface area (Å²) in [6.45, 7) is 1.73. The smallest absolute Gasteiger partial charge is 0.305 e. The van der Waals surface area contributed by atoms with Gasteiger partial charge in [0, 0.05) is 19.6 Å². The van der Waals surface area contributed by atoms with Crippen molar-refractivity contribution >= 4 is 29.6 Å². The molecule has 0 bridgehead atoms. The number of carboxylic acid groups (broad SMARTS) is 1. The van der Waals surface area contributed by atoms with Crippen molar-refractivity contribution in [2.24, 2.45) is 0 Å². The molecule has 0 aliphatic carbocycles. The molecule has 0 saturated heterocycles. The molecule has 2 aromatic carbocycles. The van der Waals surface area contributed by atoms with Gasteiger partial charge in [0.15, 0.2) is 0 Å². The summed E-state index contributed by atoms with van der Waals surface area (Å²) in [6.07, 6.45) is 0.488. The molecule has 0 radical (unpaired) electrons. The molecule has 11 nitrogen and oxygen atoms in total. The molecule has 11 heteroatoms. The van der Waals surface area contributed by atoms with Crippen LogP contribution in [0.4, 0.5) is 0 Å². The Hall–Kier alpha value is -4.25.